The number of alkyl halides is 6. The summed E-state index contributed by atoms with van der Waals surface area (Å²) in [7, 11) is 0. The lowest BCUT2D eigenvalue weighted by atomic mass is 10.0. The molecule has 0 aliphatic carbocycles. The Morgan fingerprint density at radius 1 is 1.03 bits per heavy atom. The molecule has 0 aliphatic heterocycles. The van der Waals surface area contributed by atoms with E-state index in [0.717, 1.165) is 4.90 Å². The summed E-state index contributed by atoms with van der Waals surface area (Å²) >= 11 is 5.91. The first-order valence-electron chi connectivity index (χ1n) is 9.57. The minimum Gasteiger partial charge on any atom is -0.331 e. The zero-order valence-electron chi connectivity index (χ0n) is 16.9. The number of carbonyl (C=O) groups excluding carboxylic acids is 1. The molecule has 0 atom stereocenters. The van der Waals surface area contributed by atoms with E-state index in [4.69, 9.17) is 11.6 Å². The SMILES string of the molecule is CCCN(Cc1nc2cc(Cl)ccc2c(=O)[nH]1)C(=O)c1cc(C(F)(F)F)cc(C(F)(F)F)c1. The Kier molecular flexibility index (Phi) is 6.73. The number of rotatable bonds is 5. The molecule has 1 aromatic heterocycles. The predicted octanol–water partition coefficient (Wildman–Crippen LogP) is 5.67. The maximum Gasteiger partial charge on any atom is 0.416 e. The predicted molar refractivity (Wildman–Crippen MR) is 109 cm³/mol. The summed E-state index contributed by atoms with van der Waals surface area (Å²) in [6.45, 7) is 1.32. The van der Waals surface area contributed by atoms with Crippen LogP contribution in [0.15, 0.2) is 41.2 Å². The van der Waals surface area contributed by atoms with Gasteiger partial charge in [0.15, 0.2) is 0 Å². The minimum absolute atomic E-state index is 0.000382. The molecule has 5 nitrogen and oxygen atoms in total. The summed E-state index contributed by atoms with van der Waals surface area (Å²) in [6.07, 6.45) is -9.83. The molecule has 3 aromatic rings. The number of hydrogen-bond donors (Lipinski definition) is 1. The molecule has 33 heavy (non-hydrogen) atoms. The smallest absolute Gasteiger partial charge is 0.331 e. The molecule has 0 spiro atoms. The highest BCUT2D eigenvalue weighted by Crippen LogP contribution is 2.36. The number of fused-ring (bicyclic) bond motifs is 1. The molecular formula is C21H16ClF6N3O2. The maximum absolute atomic E-state index is 13.2. The van der Waals surface area contributed by atoms with Gasteiger partial charge in [-0.1, -0.05) is 18.5 Å². The number of benzene rings is 2. The van der Waals surface area contributed by atoms with Crippen molar-refractivity contribution in [1.82, 2.24) is 14.9 Å². The second kappa shape index (κ2) is 9.05. The average Bonchev–Trinajstić information content (AvgIpc) is 2.71. The Balaban J connectivity index is 2.03. The van der Waals surface area contributed by atoms with E-state index in [9.17, 15) is 35.9 Å². The molecule has 2 aromatic carbocycles. The number of halogens is 7. The van der Waals surface area contributed by atoms with E-state index < -0.39 is 40.5 Å². The average molecular weight is 492 g/mol. The number of aromatic amines is 1. The molecule has 1 amide bonds. The van der Waals surface area contributed by atoms with Crippen LogP contribution in [0.4, 0.5) is 26.3 Å². The van der Waals surface area contributed by atoms with Gasteiger partial charge in [-0.2, -0.15) is 26.3 Å². The summed E-state index contributed by atoms with van der Waals surface area (Å²) in [5, 5.41) is 0.529. The summed E-state index contributed by atoms with van der Waals surface area (Å²) < 4.78 is 79.0. The standard InChI is InChI=1S/C21H16ClF6N3O2/c1-2-5-31(10-17-29-16-9-14(22)3-4-15(16)18(32)30-17)19(33)11-6-12(20(23,24)25)8-13(7-11)21(26,27)28/h3-4,6-9H,2,5,10H2,1H3,(H,29,30,32). The molecule has 1 heterocycles. The second-order valence-corrected chi connectivity index (χ2v) is 7.63. The molecule has 0 fully saturated rings. The van der Waals surface area contributed by atoms with Crippen molar-refractivity contribution in [2.75, 3.05) is 6.54 Å². The summed E-state index contributed by atoms with van der Waals surface area (Å²) in [5.74, 6) is -1.07. The lowest BCUT2D eigenvalue weighted by Gasteiger charge is -2.23. The van der Waals surface area contributed by atoms with Gasteiger partial charge in [-0.25, -0.2) is 4.98 Å². The Bertz CT molecular complexity index is 1220. The lowest BCUT2D eigenvalue weighted by molar-refractivity contribution is -0.143. The van der Waals surface area contributed by atoms with Crippen LogP contribution in [0.5, 0.6) is 0 Å². The van der Waals surface area contributed by atoms with Crippen molar-refractivity contribution in [2.24, 2.45) is 0 Å². The van der Waals surface area contributed by atoms with Gasteiger partial charge >= 0.3 is 12.4 Å². The molecule has 12 heteroatoms. The van der Waals surface area contributed by atoms with Crippen molar-refractivity contribution in [3.05, 3.63) is 74.3 Å². The number of nitrogens with one attached hydrogen (secondary N) is 1. The van der Waals surface area contributed by atoms with E-state index in [2.05, 4.69) is 9.97 Å². The highest BCUT2D eigenvalue weighted by molar-refractivity contribution is 6.31. The highest BCUT2D eigenvalue weighted by Gasteiger charge is 2.38. The molecule has 0 radical (unpaired) electrons. The van der Waals surface area contributed by atoms with E-state index in [-0.39, 0.29) is 35.9 Å². The zero-order chi connectivity index (χ0) is 24.6. The van der Waals surface area contributed by atoms with Crippen molar-refractivity contribution in [3.8, 4) is 0 Å². The lowest BCUT2D eigenvalue weighted by Crippen LogP contribution is -2.33. The number of nitrogens with zero attached hydrogens (tertiary/aromatic N) is 2. The van der Waals surface area contributed by atoms with Crippen molar-refractivity contribution < 1.29 is 31.1 Å². The quantitative estimate of drug-likeness (QED) is 0.468. The van der Waals surface area contributed by atoms with Crippen molar-refractivity contribution >= 4 is 28.4 Å². The number of carbonyl (C=O) groups is 1. The molecule has 1 N–H and O–H groups in total. The van der Waals surface area contributed by atoms with E-state index in [1.165, 1.54) is 18.2 Å². The van der Waals surface area contributed by atoms with Gasteiger partial charge in [-0.3, -0.25) is 9.59 Å². The van der Waals surface area contributed by atoms with Gasteiger partial charge in [0.2, 0.25) is 0 Å². The topological polar surface area (TPSA) is 66.1 Å². The van der Waals surface area contributed by atoms with Gasteiger partial charge in [0.05, 0.1) is 28.6 Å². The van der Waals surface area contributed by atoms with Crippen LogP contribution in [0.25, 0.3) is 10.9 Å². The fourth-order valence-corrected chi connectivity index (χ4v) is 3.37. The van der Waals surface area contributed by atoms with E-state index in [1.807, 2.05) is 0 Å². The van der Waals surface area contributed by atoms with E-state index in [1.54, 1.807) is 6.92 Å². The van der Waals surface area contributed by atoms with Crippen LogP contribution in [-0.2, 0) is 18.9 Å². The van der Waals surface area contributed by atoms with Gasteiger partial charge in [0.25, 0.3) is 11.5 Å². The van der Waals surface area contributed by atoms with E-state index >= 15 is 0 Å². The normalized spacial score (nSPS) is 12.2. The van der Waals surface area contributed by atoms with Crippen LogP contribution in [-0.4, -0.2) is 27.3 Å². The molecule has 3 rings (SSSR count). The Morgan fingerprint density at radius 3 is 2.18 bits per heavy atom. The van der Waals surface area contributed by atoms with Gasteiger partial charge in [0, 0.05) is 17.1 Å². The summed E-state index contributed by atoms with van der Waals surface area (Å²) in [5.41, 5.74) is -4.28. The van der Waals surface area contributed by atoms with Crippen molar-refractivity contribution in [2.45, 2.75) is 32.2 Å². The molecule has 0 saturated carbocycles. The third-order valence-corrected chi connectivity index (χ3v) is 4.91. The molecule has 176 valence electrons. The van der Waals surface area contributed by atoms with Crippen LogP contribution in [0.3, 0.4) is 0 Å². The first kappa shape index (κ1) is 24.6. The molecule has 0 saturated heterocycles. The number of hydrogen-bond acceptors (Lipinski definition) is 3. The number of aromatic nitrogens is 2. The molecular weight excluding hydrogens is 476 g/mol. The third kappa shape index (κ3) is 5.65. The fourth-order valence-electron chi connectivity index (χ4n) is 3.20. The molecule has 0 bridgehead atoms. The summed E-state index contributed by atoms with van der Waals surface area (Å²) in [6, 6.07) is 5.05. The highest BCUT2D eigenvalue weighted by atomic mass is 35.5. The monoisotopic (exact) mass is 491 g/mol. The van der Waals surface area contributed by atoms with Gasteiger partial charge in [-0.15, -0.1) is 0 Å². The van der Waals surface area contributed by atoms with Gasteiger partial charge in [-0.05, 0) is 42.8 Å². The van der Waals surface area contributed by atoms with E-state index in [0.29, 0.717) is 23.6 Å². The molecule has 0 unspecified atom stereocenters. The molecule has 0 aliphatic rings. The van der Waals surface area contributed by atoms with Crippen LogP contribution >= 0.6 is 11.6 Å². The second-order valence-electron chi connectivity index (χ2n) is 7.20. The number of H-pyrrole nitrogens is 1. The zero-order valence-corrected chi connectivity index (χ0v) is 17.7. The van der Waals surface area contributed by atoms with Crippen LogP contribution < -0.4 is 5.56 Å². The Morgan fingerprint density at radius 2 is 1.64 bits per heavy atom. The maximum atomic E-state index is 13.2. The Labute approximate surface area is 188 Å². The summed E-state index contributed by atoms with van der Waals surface area (Å²) in [4.78, 5) is 33.0. The van der Waals surface area contributed by atoms with Gasteiger partial charge in [0.1, 0.15) is 5.82 Å². The minimum atomic E-state index is -5.09. The van der Waals surface area contributed by atoms with Gasteiger partial charge < -0.3 is 9.88 Å². The Hall–Kier alpha value is -3.08. The van der Waals surface area contributed by atoms with Crippen LogP contribution in [0.1, 0.15) is 40.7 Å². The number of amides is 1. The van der Waals surface area contributed by atoms with Crippen molar-refractivity contribution in [1.29, 1.82) is 0 Å². The first-order chi connectivity index (χ1) is 15.3. The van der Waals surface area contributed by atoms with Crippen LogP contribution in [0, 0.1) is 0 Å². The first-order valence-corrected chi connectivity index (χ1v) is 9.94. The largest absolute Gasteiger partial charge is 0.416 e. The van der Waals surface area contributed by atoms with Crippen molar-refractivity contribution in [3.63, 3.8) is 0 Å². The third-order valence-electron chi connectivity index (χ3n) is 4.67. The fraction of sp³-hybridized carbons (Fsp3) is 0.286. The van der Waals surface area contributed by atoms with Crippen LogP contribution in [0.2, 0.25) is 5.02 Å².